The van der Waals surface area contributed by atoms with Gasteiger partial charge in [0.15, 0.2) is 5.82 Å². The molecule has 2 heterocycles. The second-order valence-corrected chi connectivity index (χ2v) is 5.06. The molecule has 1 aromatic heterocycles. The smallest absolute Gasteiger partial charge is 0.231 e. The summed E-state index contributed by atoms with van der Waals surface area (Å²) in [4.78, 5) is 4.55. The molecule has 1 saturated heterocycles. The van der Waals surface area contributed by atoms with Gasteiger partial charge in [-0.3, -0.25) is 0 Å². The molecule has 15 heavy (non-hydrogen) atoms. The van der Waals surface area contributed by atoms with Gasteiger partial charge in [0, 0.05) is 12.0 Å². The topological polar surface area (TPSA) is 51.0 Å². The van der Waals surface area contributed by atoms with Crippen LogP contribution in [-0.2, 0) is 5.41 Å². The van der Waals surface area contributed by atoms with Crippen molar-refractivity contribution >= 4 is 0 Å². The Hall–Kier alpha value is -0.900. The lowest BCUT2D eigenvalue weighted by Gasteiger charge is -2.18. The summed E-state index contributed by atoms with van der Waals surface area (Å²) in [6.45, 7) is 4.31. The lowest BCUT2D eigenvalue weighted by molar-refractivity contribution is 0.319. The molecule has 2 aliphatic rings. The van der Waals surface area contributed by atoms with Gasteiger partial charge in [0.1, 0.15) is 0 Å². The number of nitrogens with one attached hydrogen (secondary N) is 1. The molecule has 1 aromatic rings. The number of hydrogen-bond donors (Lipinski definition) is 1. The molecular weight excluding hydrogens is 190 g/mol. The Bertz CT molecular complexity index is 350. The number of rotatable bonds is 2. The third-order valence-electron chi connectivity index (χ3n) is 3.63. The van der Waals surface area contributed by atoms with Crippen molar-refractivity contribution in [3.8, 4) is 0 Å². The van der Waals surface area contributed by atoms with E-state index in [1.54, 1.807) is 0 Å². The number of nitrogens with zero attached hydrogens (tertiary/aromatic N) is 2. The van der Waals surface area contributed by atoms with E-state index >= 15 is 0 Å². The highest BCUT2D eigenvalue weighted by molar-refractivity contribution is 5.15. The molecule has 1 aliphatic carbocycles. The van der Waals surface area contributed by atoms with E-state index in [9.17, 15) is 0 Å². The monoisotopic (exact) mass is 207 g/mol. The highest BCUT2D eigenvalue weighted by atomic mass is 16.5. The fraction of sp³-hybridized carbons (Fsp3) is 0.818. The van der Waals surface area contributed by atoms with Crippen LogP contribution in [0.15, 0.2) is 4.52 Å². The van der Waals surface area contributed by atoms with Crippen LogP contribution in [0.1, 0.15) is 50.2 Å². The van der Waals surface area contributed by atoms with Crippen molar-refractivity contribution in [2.24, 2.45) is 0 Å². The Labute approximate surface area is 89.4 Å². The maximum Gasteiger partial charge on any atom is 0.231 e. The van der Waals surface area contributed by atoms with Gasteiger partial charge >= 0.3 is 0 Å². The van der Waals surface area contributed by atoms with E-state index in [2.05, 4.69) is 22.4 Å². The van der Waals surface area contributed by atoms with E-state index < -0.39 is 0 Å². The highest BCUT2D eigenvalue weighted by Crippen LogP contribution is 2.46. The fourth-order valence-electron chi connectivity index (χ4n) is 2.12. The minimum absolute atomic E-state index is 0.226. The lowest BCUT2D eigenvalue weighted by atomic mass is 10.00. The van der Waals surface area contributed by atoms with Crippen LogP contribution in [0.5, 0.6) is 0 Å². The van der Waals surface area contributed by atoms with Crippen LogP contribution in [0.2, 0.25) is 0 Å². The number of aromatic nitrogens is 2. The molecule has 1 saturated carbocycles. The summed E-state index contributed by atoms with van der Waals surface area (Å²) < 4.78 is 5.37. The summed E-state index contributed by atoms with van der Waals surface area (Å²) in [6, 6.07) is 0. The number of hydrogen-bond acceptors (Lipinski definition) is 4. The maximum absolute atomic E-state index is 5.37. The third-order valence-corrected chi connectivity index (χ3v) is 3.63. The fourth-order valence-corrected chi connectivity index (χ4v) is 2.12. The number of piperidine rings is 1. The van der Waals surface area contributed by atoms with Crippen molar-refractivity contribution in [1.82, 2.24) is 15.5 Å². The van der Waals surface area contributed by atoms with Gasteiger partial charge in [-0.05, 0) is 32.2 Å². The molecule has 0 radical (unpaired) electrons. The van der Waals surface area contributed by atoms with Crippen LogP contribution in [0.3, 0.4) is 0 Å². The van der Waals surface area contributed by atoms with Crippen LogP contribution < -0.4 is 5.32 Å². The highest BCUT2D eigenvalue weighted by Gasteiger charge is 2.43. The zero-order valence-corrected chi connectivity index (χ0v) is 9.12. The van der Waals surface area contributed by atoms with Crippen LogP contribution in [0, 0.1) is 0 Å². The first-order valence-corrected chi connectivity index (χ1v) is 5.83. The normalized spacial score (nSPS) is 29.0. The SMILES string of the molecule is CC1(c2noc([C@H]3CCCNC3)n2)CC1. The predicted molar refractivity (Wildman–Crippen MR) is 55.7 cm³/mol. The van der Waals surface area contributed by atoms with Gasteiger partial charge in [0.25, 0.3) is 0 Å². The van der Waals surface area contributed by atoms with Gasteiger partial charge in [-0.15, -0.1) is 0 Å². The molecule has 1 atom stereocenters. The Morgan fingerprint density at radius 1 is 1.47 bits per heavy atom. The molecule has 0 spiro atoms. The van der Waals surface area contributed by atoms with Gasteiger partial charge in [0.05, 0.1) is 5.92 Å². The zero-order valence-electron chi connectivity index (χ0n) is 9.12. The van der Waals surface area contributed by atoms with Crippen LogP contribution in [-0.4, -0.2) is 23.2 Å². The maximum atomic E-state index is 5.37. The molecule has 3 rings (SSSR count). The molecule has 2 fully saturated rings. The van der Waals surface area contributed by atoms with E-state index in [0.29, 0.717) is 5.92 Å². The summed E-state index contributed by atoms with van der Waals surface area (Å²) >= 11 is 0. The Balaban J connectivity index is 1.77. The van der Waals surface area contributed by atoms with Gasteiger partial charge in [0.2, 0.25) is 5.89 Å². The average molecular weight is 207 g/mol. The largest absolute Gasteiger partial charge is 0.339 e. The van der Waals surface area contributed by atoms with Gasteiger partial charge in [-0.2, -0.15) is 4.98 Å². The van der Waals surface area contributed by atoms with Gasteiger partial charge in [-0.1, -0.05) is 12.1 Å². The van der Waals surface area contributed by atoms with Gasteiger partial charge in [-0.25, -0.2) is 0 Å². The van der Waals surface area contributed by atoms with Crippen LogP contribution in [0.25, 0.3) is 0 Å². The zero-order chi connectivity index (χ0) is 10.3. The van der Waals surface area contributed by atoms with Gasteiger partial charge < -0.3 is 9.84 Å². The molecule has 0 unspecified atom stereocenters. The molecule has 1 N–H and O–H groups in total. The Morgan fingerprint density at radius 3 is 3.00 bits per heavy atom. The molecule has 1 aliphatic heterocycles. The first-order chi connectivity index (χ1) is 7.28. The van der Waals surface area contributed by atoms with E-state index in [-0.39, 0.29) is 5.41 Å². The average Bonchev–Trinajstić information content (AvgIpc) is 2.85. The third kappa shape index (κ3) is 1.67. The van der Waals surface area contributed by atoms with Crippen molar-refractivity contribution in [3.05, 3.63) is 11.7 Å². The van der Waals surface area contributed by atoms with Crippen molar-refractivity contribution in [2.75, 3.05) is 13.1 Å². The quantitative estimate of drug-likeness (QED) is 0.800. The van der Waals surface area contributed by atoms with Crippen molar-refractivity contribution in [3.63, 3.8) is 0 Å². The molecule has 0 bridgehead atoms. The van der Waals surface area contributed by atoms with Crippen LogP contribution in [0.4, 0.5) is 0 Å². The van der Waals surface area contributed by atoms with Crippen molar-refractivity contribution < 1.29 is 4.52 Å². The molecule has 82 valence electrons. The second-order valence-electron chi connectivity index (χ2n) is 5.06. The minimum Gasteiger partial charge on any atom is -0.339 e. The summed E-state index contributed by atoms with van der Waals surface area (Å²) in [6.07, 6.45) is 4.79. The van der Waals surface area contributed by atoms with Crippen molar-refractivity contribution in [1.29, 1.82) is 0 Å². The molecule has 4 nitrogen and oxygen atoms in total. The lowest BCUT2D eigenvalue weighted by Crippen LogP contribution is -2.28. The first kappa shape index (κ1) is 9.33. The Kier molecular flexibility index (Phi) is 2.06. The molecule has 0 amide bonds. The van der Waals surface area contributed by atoms with Crippen molar-refractivity contribution in [2.45, 2.75) is 43.9 Å². The standard InChI is InChI=1S/C11H17N3O/c1-11(4-5-11)10-13-9(15-14-10)8-3-2-6-12-7-8/h8,12H,2-7H2,1H3/t8-/m0/s1. The molecule has 0 aromatic carbocycles. The summed E-state index contributed by atoms with van der Waals surface area (Å²) in [5.41, 5.74) is 0.226. The minimum atomic E-state index is 0.226. The summed E-state index contributed by atoms with van der Waals surface area (Å²) in [7, 11) is 0. The Morgan fingerprint density at radius 2 is 2.33 bits per heavy atom. The predicted octanol–water partition coefficient (Wildman–Crippen LogP) is 1.59. The van der Waals surface area contributed by atoms with Crippen LogP contribution >= 0.6 is 0 Å². The second kappa shape index (κ2) is 3.30. The summed E-state index contributed by atoms with van der Waals surface area (Å²) in [5.74, 6) is 2.19. The molecular formula is C11H17N3O. The first-order valence-electron chi connectivity index (χ1n) is 5.83. The molecule has 4 heteroatoms. The van der Waals surface area contributed by atoms with E-state index in [0.717, 1.165) is 24.8 Å². The van der Waals surface area contributed by atoms with E-state index in [4.69, 9.17) is 4.52 Å². The van der Waals surface area contributed by atoms with E-state index in [1.165, 1.54) is 25.7 Å². The van der Waals surface area contributed by atoms with E-state index in [1.807, 2.05) is 0 Å². The summed E-state index contributed by atoms with van der Waals surface area (Å²) in [5, 5.41) is 7.48.